The van der Waals surface area contributed by atoms with Crippen LogP contribution in [0.15, 0.2) is 42.5 Å². The van der Waals surface area contributed by atoms with Crippen molar-refractivity contribution in [2.45, 2.75) is 19.3 Å². The van der Waals surface area contributed by atoms with Gasteiger partial charge >= 0.3 is 0 Å². The molecule has 0 radical (unpaired) electrons. The van der Waals surface area contributed by atoms with Gasteiger partial charge in [-0.1, -0.05) is 6.07 Å². The van der Waals surface area contributed by atoms with E-state index in [9.17, 15) is 9.59 Å². The molecule has 3 aromatic rings. The number of nitrogens with one attached hydrogen (secondary N) is 1. The van der Waals surface area contributed by atoms with Crippen LogP contribution in [0.2, 0.25) is 0 Å². The van der Waals surface area contributed by atoms with Gasteiger partial charge in [-0.25, -0.2) is 0 Å². The Bertz CT molecular complexity index is 1090. The lowest BCUT2D eigenvalue weighted by Crippen LogP contribution is -2.26. The number of carbonyl (C=O) groups is 2. The van der Waals surface area contributed by atoms with Crippen molar-refractivity contribution >= 4 is 38.9 Å². The Morgan fingerprint density at radius 2 is 1.77 bits per heavy atom. The number of fused-ring (bicyclic) bond motifs is 1. The number of anilines is 1. The molecule has 2 amide bonds. The highest BCUT2D eigenvalue weighted by molar-refractivity contribution is 7.20. The van der Waals surface area contributed by atoms with Gasteiger partial charge in [0.2, 0.25) is 5.91 Å². The highest BCUT2D eigenvalue weighted by Crippen LogP contribution is 2.30. The number of hydrogen-bond acceptors (Lipinski definition) is 5. The lowest BCUT2D eigenvalue weighted by molar-refractivity contribution is -0.115. The van der Waals surface area contributed by atoms with Gasteiger partial charge in [0.05, 0.1) is 25.5 Å². The standard InChI is InChI=1S/C23H24N2O4S/c1-28-18-7-5-15(11-19(18)29-2)12-22(26)24-17-6-8-20-16(13-17)14-21(30-20)23(27)25-9-3-4-10-25/h5-8,11,13-14H,3-4,9-10,12H2,1-2H3,(H,24,26). The fourth-order valence-electron chi connectivity index (χ4n) is 3.68. The van der Waals surface area contributed by atoms with E-state index < -0.39 is 0 Å². The Labute approximate surface area is 179 Å². The summed E-state index contributed by atoms with van der Waals surface area (Å²) in [6, 6.07) is 13.1. The summed E-state index contributed by atoms with van der Waals surface area (Å²) in [6.07, 6.45) is 2.38. The van der Waals surface area contributed by atoms with Crippen LogP contribution in [-0.4, -0.2) is 44.0 Å². The highest BCUT2D eigenvalue weighted by atomic mass is 32.1. The quantitative estimate of drug-likeness (QED) is 0.639. The van der Waals surface area contributed by atoms with Gasteiger partial charge in [0.25, 0.3) is 5.91 Å². The lowest BCUT2D eigenvalue weighted by Gasteiger charge is -2.13. The summed E-state index contributed by atoms with van der Waals surface area (Å²) in [4.78, 5) is 27.8. The minimum absolute atomic E-state index is 0.104. The Hall–Kier alpha value is -3.06. The van der Waals surface area contributed by atoms with E-state index in [0.29, 0.717) is 17.2 Å². The molecule has 0 saturated carbocycles. The average Bonchev–Trinajstić information content (AvgIpc) is 3.42. The first-order valence-electron chi connectivity index (χ1n) is 9.91. The van der Waals surface area contributed by atoms with Gasteiger partial charge < -0.3 is 19.7 Å². The molecule has 1 aliphatic rings. The van der Waals surface area contributed by atoms with Crippen LogP contribution in [0.1, 0.15) is 28.1 Å². The molecule has 1 aromatic heterocycles. The molecule has 0 bridgehead atoms. The number of likely N-dealkylation sites (tertiary alicyclic amines) is 1. The molecule has 1 N–H and O–H groups in total. The molecule has 2 aromatic carbocycles. The molecule has 1 aliphatic heterocycles. The van der Waals surface area contributed by atoms with Crippen LogP contribution in [0.25, 0.3) is 10.1 Å². The maximum absolute atomic E-state index is 12.6. The van der Waals surface area contributed by atoms with E-state index in [-0.39, 0.29) is 18.2 Å². The summed E-state index contributed by atoms with van der Waals surface area (Å²) in [6.45, 7) is 1.68. The summed E-state index contributed by atoms with van der Waals surface area (Å²) in [5, 5.41) is 3.90. The number of methoxy groups -OCH3 is 2. The number of ether oxygens (including phenoxy) is 2. The van der Waals surface area contributed by atoms with Gasteiger partial charge in [-0.3, -0.25) is 9.59 Å². The van der Waals surface area contributed by atoms with Crippen LogP contribution in [-0.2, 0) is 11.2 Å². The van der Waals surface area contributed by atoms with Gasteiger partial charge in [0, 0.05) is 23.5 Å². The number of rotatable bonds is 6. The van der Waals surface area contributed by atoms with E-state index in [1.807, 2.05) is 35.2 Å². The van der Waals surface area contributed by atoms with Crippen molar-refractivity contribution in [1.29, 1.82) is 0 Å². The third-order valence-corrected chi connectivity index (χ3v) is 6.32. The molecule has 6 nitrogen and oxygen atoms in total. The van der Waals surface area contributed by atoms with E-state index in [2.05, 4.69) is 5.32 Å². The summed E-state index contributed by atoms with van der Waals surface area (Å²) < 4.78 is 11.6. The van der Waals surface area contributed by atoms with Crippen molar-refractivity contribution in [3.63, 3.8) is 0 Å². The van der Waals surface area contributed by atoms with Gasteiger partial charge in [0.15, 0.2) is 11.5 Å². The largest absolute Gasteiger partial charge is 0.493 e. The van der Waals surface area contributed by atoms with Crippen LogP contribution in [0, 0.1) is 0 Å². The van der Waals surface area contributed by atoms with Crippen LogP contribution in [0.4, 0.5) is 5.69 Å². The summed E-state index contributed by atoms with van der Waals surface area (Å²) in [7, 11) is 3.15. The molecule has 4 rings (SSSR count). The Kier molecular flexibility index (Phi) is 5.90. The van der Waals surface area contributed by atoms with Crippen molar-refractivity contribution in [3.05, 3.63) is 52.9 Å². The van der Waals surface area contributed by atoms with E-state index in [1.165, 1.54) is 11.3 Å². The predicted molar refractivity (Wildman–Crippen MR) is 119 cm³/mol. The number of hydrogen-bond donors (Lipinski definition) is 1. The molecule has 0 spiro atoms. The molecule has 1 fully saturated rings. The second-order valence-corrected chi connectivity index (χ2v) is 8.36. The summed E-state index contributed by atoms with van der Waals surface area (Å²) >= 11 is 1.50. The smallest absolute Gasteiger partial charge is 0.263 e. The topological polar surface area (TPSA) is 67.9 Å². The third-order valence-electron chi connectivity index (χ3n) is 5.22. The van der Waals surface area contributed by atoms with Crippen LogP contribution in [0.3, 0.4) is 0 Å². The van der Waals surface area contributed by atoms with E-state index in [0.717, 1.165) is 46.5 Å². The average molecular weight is 425 g/mol. The Morgan fingerprint density at radius 3 is 2.50 bits per heavy atom. The van der Waals surface area contributed by atoms with Gasteiger partial charge in [-0.15, -0.1) is 11.3 Å². The second-order valence-electron chi connectivity index (χ2n) is 7.28. The minimum Gasteiger partial charge on any atom is -0.493 e. The van der Waals surface area contributed by atoms with Crippen molar-refractivity contribution in [2.75, 3.05) is 32.6 Å². The predicted octanol–water partition coefficient (Wildman–Crippen LogP) is 4.34. The molecule has 0 atom stereocenters. The minimum atomic E-state index is -0.120. The van der Waals surface area contributed by atoms with Crippen LogP contribution >= 0.6 is 11.3 Å². The summed E-state index contributed by atoms with van der Waals surface area (Å²) in [5.41, 5.74) is 1.55. The molecule has 0 unspecified atom stereocenters. The van der Waals surface area contributed by atoms with Gasteiger partial charge in [0.1, 0.15) is 0 Å². The molecular formula is C23H24N2O4S. The van der Waals surface area contributed by atoms with Crippen LogP contribution < -0.4 is 14.8 Å². The SMILES string of the molecule is COc1ccc(CC(=O)Nc2ccc3sc(C(=O)N4CCCC4)cc3c2)cc1OC. The zero-order valence-corrected chi connectivity index (χ0v) is 17.9. The number of thiophene rings is 1. The third kappa shape index (κ3) is 4.26. The molecular weight excluding hydrogens is 400 g/mol. The molecule has 0 aliphatic carbocycles. The number of amides is 2. The van der Waals surface area contributed by atoms with Gasteiger partial charge in [-0.05, 0) is 60.2 Å². The number of benzene rings is 2. The lowest BCUT2D eigenvalue weighted by atomic mass is 10.1. The van der Waals surface area contributed by atoms with E-state index in [1.54, 1.807) is 26.4 Å². The zero-order chi connectivity index (χ0) is 21.1. The molecule has 7 heteroatoms. The molecule has 30 heavy (non-hydrogen) atoms. The maximum atomic E-state index is 12.6. The fraction of sp³-hybridized carbons (Fsp3) is 0.304. The first kappa shape index (κ1) is 20.2. The van der Waals surface area contributed by atoms with Crippen molar-refractivity contribution in [1.82, 2.24) is 4.90 Å². The highest BCUT2D eigenvalue weighted by Gasteiger charge is 2.21. The normalized spacial score (nSPS) is 13.5. The molecule has 156 valence electrons. The second kappa shape index (κ2) is 8.75. The monoisotopic (exact) mass is 424 g/mol. The first-order chi connectivity index (χ1) is 14.6. The van der Waals surface area contributed by atoms with E-state index >= 15 is 0 Å². The summed E-state index contributed by atoms with van der Waals surface area (Å²) in [5.74, 6) is 1.21. The van der Waals surface area contributed by atoms with Crippen LogP contribution in [0.5, 0.6) is 11.5 Å². The van der Waals surface area contributed by atoms with Gasteiger partial charge in [-0.2, -0.15) is 0 Å². The Morgan fingerprint density at radius 1 is 1.00 bits per heavy atom. The number of carbonyl (C=O) groups excluding carboxylic acids is 2. The van der Waals surface area contributed by atoms with Crippen molar-refractivity contribution in [3.8, 4) is 11.5 Å². The zero-order valence-electron chi connectivity index (χ0n) is 17.1. The first-order valence-corrected chi connectivity index (χ1v) is 10.7. The Balaban J connectivity index is 1.45. The molecule has 2 heterocycles. The fourth-order valence-corrected chi connectivity index (χ4v) is 4.69. The van der Waals surface area contributed by atoms with Crippen molar-refractivity contribution < 1.29 is 19.1 Å². The maximum Gasteiger partial charge on any atom is 0.263 e. The number of nitrogens with zero attached hydrogens (tertiary/aromatic N) is 1. The molecule has 1 saturated heterocycles. The van der Waals surface area contributed by atoms with E-state index in [4.69, 9.17) is 9.47 Å². The van der Waals surface area contributed by atoms with Crippen molar-refractivity contribution in [2.24, 2.45) is 0 Å².